The number of rotatable bonds is 4. The molecule has 1 aliphatic heterocycles. The number of halogens is 1. The largest absolute Gasteiger partial charge is 0.365 e. The number of aryl methyl sites for hydroxylation is 1. The number of aromatic nitrogens is 4. The van der Waals surface area contributed by atoms with Gasteiger partial charge in [-0.25, -0.2) is 14.6 Å². The van der Waals surface area contributed by atoms with Crippen LogP contribution in [0.5, 0.6) is 0 Å². The summed E-state index contributed by atoms with van der Waals surface area (Å²) in [6.45, 7) is 5.71. The lowest BCUT2D eigenvalue weighted by Gasteiger charge is -2.36. The maximum absolute atomic E-state index is 12.4. The van der Waals surface area contributed by atoms with Gasteiger partial charge in [0.25, 0.3) is 5.56 Å². The fourth-order valence-corrected chi connectivity index (χ4v) is 3.35. The van der Waals surface area contributed by atoms with Crippen LogP contribution in [0.15, 0.2) is 23.3 Å². The van der Waals surface area contributed by atoms with Gasteiger partial charge < -0.3 is 9.80 Å². The highest BCUT2D eigenvalue weighted by molar-refractivity contribution is 6.33. The highest BCUT2D eigenvalue weighted by Crippen LogP contribution is 2.30. The van der Waals surface area contributed by atoms with E-state index in [-0.39, 0.29) is 10.6 Å². The number of piperazine rings is 1. The van der Waals surface area contributed by atoms with Gasteiger partial charge in [0.2, 0.25) is 5.95 Å². The van der Waals surface area contributed by atoms with Crippen LogP contribution in [0, 0.1) is 12.8 Å². The van der Waals surface area contributed by atoms with E-state index >= 15 is 0 Å². The summed E-state index contributed by atoms with van der Waals surface area (Å²) >= 11 is 6.36. The number of hydrogen-bond donors (Lipinski definition) is 0. The lowest BCUT2D eigenvalue weighted by Crippen LogP contribution is -2.47. The molecule has 1 saturated heterocycles. The second-order valence-electron chi connectivity index (χ2n) is 6.75. The smallest absolute Gasteiger partial charge is 0.287 e. The van der Waals surface area contributed by atoms with E-state index in [0.717, 1.165) is 43.5 Å². The van der Waals surface area contributed by atoms with E-state index in [1.165, 1.54) is 17.5 Å². The molecule has 1 aliphatic carbocycles. The Bertz CT molecular complexity index is 826. The molecule has 0 aromatic carbocycles. The number of nitrogens with zero attached hydrogens (tertiary/aromatic N) is 6. The Hall–Kier alpha value is -2.15. The molecule has 2 fully saturated rings. The Labute approximate surface area is 151 Å². The van der Waals surface area contributed by atoms with Gasteiger partial charge in [0.15, 0.2) is 0 Å². The third kappa shape index (κ3) is 3.46. The van der Waals surface area contributed by atoms with E-state index < -0.39 is 0 Å². The number of hydrogen-bond acceptors (Lipinski definition) is 6. The highest BCUT2D eigenvalue weighted by Gasteiger charge is 2.25. The minimum absolute atomic E-state index is 0.185. The van der Waals surface area contributed by atoms with Crippen molar-refractivity contribution in [3.8, 4) is 0 Å². The minimum atomic E-state index is -0.185. The Balaban J connectivity index is 1.47. The molecular formula is C17H21ClN6O. The molecular weight excluding hydrogens is 340 g/mol. The second-order valence-corrected chi connectivity index (χ2v) is 7.12. The first-order chi connectivity index (χ1) is 12.1. The van der Waals surface area contributed by atoms with Gasteiger partial charge in [-0.05, 0) is 31.7 Å². The van der Waals surface area contributed by atoms with Gasteiger partial charge in [0, 0.05) is 44.6 Å². The zero-order valence-electron chi connectivity index (χ0n) is 14.2. The van der Waals surface area contributed by atoms with Crippen molar-refractivity contribution in [3.05, 3.63) is 39.5 Å². The summed E-state index contributed by atoms with van der Waals surface area (Å²) in [5.74, 6) is 1.34. The van der Waals surface area contributed by atoms with Crippen LogP contribution < -0.4 is 15.4 Å². The Morgan fingerprint density at radius 3 is 2.60 bits per heavy atom. The summed E-state index contributed by atoms with van der Waals surface area (Å²) < 4.78 is 1.50. The van der Waals surface area contributed by atoms with Crippen molar-refractivity contribution >= 4 is 23.2 Å². The van der Waals surface area contributed by atoms with E-state index in [1.54, 1.807) is 12.4 Å². The average Bonchev–Trinajstić information content (AvgIpc) is 3.44. The van der Waals surface area contributed by atoms with Crippen molar-refractivity contribution in [1.29, 1.82) is 0 Å². The molecule has 25 heavy (non-hydrogen) atoms. The molecule has 7 nitrogen and oxygen atoms in total. The Kier molecular flexibility index (Phi) is 4.33. The molecule has 0 radical (unpaired) electrons. The summed E-state index contributed by atoms with van der Waals surface area (Å²) in [6.07, 6.45) is 5.86. The quantitative estimate of drug-likeness (QED) is 0.827. The lowest BCUT2D eigenvalue weighted by molar-refractivity contribution is 0.531. The Morgan fingerprint density at radius 1 is 1.20 bits per heavy atom. The van der Waals surface area contributed by atoms with Gasteiger partial charge in [0.1, 0.15) is 5.02 Å². The van der Waals surface area contributed by atoms with Crippen LogP contribution in [0.2, 0.25) is 5.02 Å². The molecule has 4 rings (SSSR count). The topological polar surface area (TPSA) is 67.2 Å². The van der Waals surface area contributed by atoms with E-state index in [1.807, 2.05) is 13.0 Å². The average molecular weight is 361 g/mol. The monoisotopic (exact) mass is 360 g/mol. The SMILES string of the molecule is Cc1ccnc(N2CCN(c3cnn(CC4CC4)c(=O)c3Cl)CC2)n1. The van der Waals surface area contributed by atoms with Crippen LogP contribution in [0.1, 0.15) is 18.5 Å². The molecule has 2 aromatic heterocycles. The van der Waals surface area contributed by atoms with Gasteiger partial charge in [-0.3, -0.25) is 4.79 Å². The normalized spacial score (nSPS) is 17.8. The van der Waals surface area contributed by atoms with E-state index in [0.29, 0.717) is 12.5 Å². The third-order valence-electron chi connectivity index (χ3n) is 4.78. The fourth-order valence-electron chi connectivity index (χ4n) is 3.09. The maximum Gasteiger partial charge on any atom is 0.287 e. The van der Waals surface area contributed by atoms with E-state index in [9.17, 15) is 4.79 Å². The molecule has 0 unspecified atom stereocenters. The van der Waals surface area contributed by atoms with Crippen LogP contribution in [0.3, 0.4) is 0 Å². The minimum Gasteiger partial charge on any atom is -0.365 e. The maximum atomic E-state index is 12.4. The highest BCUT2D eigenvalue weighted by atomic mass is 35.5. The van der Waals surface area contributed by atoms with Gasteiger partial charge in [-0.1, -0.05) is 11.6 Å². The lowest BCUT2D eigenvalue weighted by atomic mass is 10.3. The van der Waals surface area contributed by atoms with E-state index in [4.69, 9.17) is 11.6 Å². The number of anilines is 2. The van der Waals surface area contributed by atoms with Gasteiger partial charge in [-0.2, -0.15) is 5.10 Å². The molecule has 3 heterocycles. The van der Waals surface area contributed by atoms with Crippen molar-refractivity contribution in [2.45, 2.75) is 26.3 Å². The van der Waals surface area contributed by atoms with Gasteiger partial charge in [-0.15, -0.1) is 0 Å². The second kappa shape index (κ2) is 6.63. The molecule has 8 heteroatoms. The Morgan fingerprint density at radius 2 is 1.92 bits per heavy atom. The van der Waals surface area contributed by atoms with Crippen molar-refractivity contribution in [2.24, 2.45) is 5.92 Å². The zero-order chi connectivity index (χ0) is 17.4. The van der Waals surface area contributed by atoms with Crippen molar-refractivity contribution in [3.63, 3.8) is 0 Å². The van der Waals surface area contributed by atoms with Crippen molar-refractivity contribution < 1.29 is 0 Å². The van der Waals surface area contributed by atoms with Crippen LogP contribution in [0.25, 0.3) is 0 Å². The fraction of sp³-hybridized carbons (Fsp3) is 0.529. The standard InChI is InChI=1S/C17H21ClN6O/c1-12-4-5-19-17(21-12)23-8-6-22(7-9-23)14-10-20-24(11-13-2-3-13)16(25)15(14)18/h4-5,10,13H,2-3,6-9,11H2,1H3. The molecule has 0 spiro atoms. The van der Waals surface area contributed by atoms with Crippen LogP contribution >= 0.6 is 11.6 Å². The zero-order valence-corrected chi connectivity index (χ0v) is 15.0. The molecule has 0 N–H and O–H groups in total. The summed E-state index contributed by atoms with van der Waals surface area (Å²) in [7, 11) is 0. The molecule has 132 valence electrons. The first-order valence-electron chi connectivity index (χ1n) is 8.67. The molecule has 0 amide bonds. The third-order valence-corrected chi connectivity index (χ3v) is 5.14. The molecule has 2 aromatic rings. The summed E-state index contributed by atoms with van der Waals surface area (Å²) in [5.41, 5.74) is 1.50. The molecule has 0 bridgehead atoms. The summed E-state index contributed by atoms with van der Waals surface area (Å²) in [6, 6.07) is 1.89. The molecule has 2 aliphatic rings. The molecule has 1 saturated carbocycles. The van der Waals surface area contributed by atoms with Crippen LogP contribution in [-0.4, -0.2) is 45.9 Å². The van der Waals surface area contributed by atoms with Crippen LogP contribution in [-0.2, 0) is 6.54 Å². The first-order valence-corrected chi connectivity index (χ1v) is 9.05. The van der Waals surface area contributed by atoms with Gasteiger partial charge in [0.05, 0.1) is 11.9 Å². The van der Waals surface area contributed by atoms with Gasteiger partial charge >= 0.3 is 0 Å². The van der Waals surface area contributed by atoms with Crippen LogP contribution in [0.4, 0.5) is 11.6 Å². The van der Waals surface area contributed by atoms with Crippen molar-refractivity contribution in [1.82, 2.24) is 19.7 Å². The van der Waals surface area contributed by atoms with Crippen molar-refractivity contribution in [2.75, 3.05) is 36.0 Å². The predicted octanol–water partition coefficient (Wildman–Crippen LogP) is 1.73. The predicted molar refractivity (Wildman–Crippen MR) is 97.4 cm³/mol. The van der Waals surface area contributed by atoms with E-state index in [2.05, 4.69) is 24.9 Å². The molecule has 0 atom stereocenters. The first kappa shape index (κ1) is 16.3. The summed E-state index contributed by atoms with van der Waals surface area (Å²) in [4.78, 5) is 25.5. The summed E-state index contributed by atoms with van der Waals surface area (Å²) in [5, 5.41) is 4.60.